The average molecular weight is 311 g/mol. The van der Waals surface area contributed by atoms with Gasteiger partial charge in [0.15, 0.2) is 0 Å². The van der Waals surface area contributed by atoms with Crippen LogP contribution in [-0.4, -0.2) is 31.8 Å². The van der Waals surface area contributed by atoms with Gasteiger partial charge in [-0.1, -0.05) is 20.8 Å². The van der Waals surface area contributed by atoms with Crippen molar-refractivity contribution in [1.82, 2.24) is 0 Å². The molecule has 5 nitrogen and oxygen atoms in total. The summed E-state index contributed by atoms with van der Waals surface area (Å²) in [6.07, 6.45) is 1.41. The van der Waals surface area contributed by atoms with Gasteiger partial charge < -0.3 is 5.11 Å². The highest BCUT2D eigenvalue weighted by Gasteiger charge is 2.31. The van der Waals surface area contributed by atoms with Gasteiger partial charge in [-0.05, 0) is 42.0 Å². The van der Waals surface area contributed by atoms with Gasteiger partial charge in [0.1, 0.15) is 0 Å². The van der Waals surface area contributed by atoms with Crippen LogP contribution in [0.25, 0.3) is 0 Å². The van der Waals surface area contributed by atoms with Gasteiger partial charge in [0.25, 0.3) is 0 Å². The lowest BCUT2D eigenvalue weighted by Crippen LogP contribution is -2.40. The zero-order valence-corrected chi connectivity index (χ0v) is 13.4. The Kier molecular flexibility index (Phi) is 4.02. The van der Waals surface area contributed by atoms with Crippen LogP contribution >= 0.6 is 0 Å². The largest absolute Gasteiger partial charge is 0.478 e. The quantitative estimate of drug-likeness (QED) is 0.930. The molecule has 1 N–H and O–H groups in total. The van der Waals surface area contributed by atoms with E-state index in [0.717, 1.165) is 5.56 Å². The first kappa shape index (κ1) is 15.8. The number of sulfonamides is 1. The Balaban J connectivity index is 2.41. The number of aryl methyl sites for hydroxylation is 1. The topological polar surface area (TPSA) is 74.7 Å². The van der Waals surface area contributed by atoms with Gasteiger partial charge in [0.2, 0.25) is 10.0 Å². The fourth-order valence-electron chi connectivity index (χ4n) is 2.61. The highest BCUT2D eigenvalue weighted by molar-refractivity contribution is 7.92. The number of nitrogens with zero attached hydrogens (tertiary/aromatic N) is 1. The predicted octanol–water partition coefficient (Wildman–Crippen LogP) is 2.51. The number of benzene rings is 1. The molecule has 0 radical (unpaired) electrons. The summed E-state index contributed by atoms with van der Waals surface area (Å²) in [4.78, 5) is 11.0. The van der Waals surface area contributed by atoms with Crippen molar-refractivity contribution in [2.75, 3.05) is 16.6 Å². The van der Waals surface area contributed by atoms with E-state index in [-0.39, 0.29) is 16.7 Å². The molecule has 2 rings (SSSR count). The second-order valence-electron chi connectivity index (χ2n) is 6.64. The SMILES string of the molecule is CC(C)(C)CS(=O)(=O)N1CCCc2cc(C(=O)O)ccc21. The van der Waals surface area contributed by atoms with Crippen LogP contribution in [0.5, 0.6) is 0 Å². The molecule has 0 saturated carbocycles. The standard InChI is InChI=1S/C15H21NO4S/c1-15(2,3)10-21(19,20)16-8-4-5-11-9-12(14(17)18)6-7-13(11)16/h6-7,9H,4-5,8,10H2,1-3H3,(H,17,18). The highest BCUT2D eigenvalue weighted by atomic mass is 32.2. The van der Waals surface area contributed by atoms with E-state index in [4.69, 9.17) is 5.11 Å². The Morgan fingerprint density at radius 1 is 1.33 bits per heavy atom. The minimum Gasteiger partial charge on any atom is -0.478 e. The second kappa shape index (κ2) is 5.33. The molecular formula is C15H21NO4S. The van der Waals surface area contributed by atoms with Gasteiger partial charge >= 0.3 is 5.97 Å². The Bertz CT molecular complexity index is 659. The molecule has 6 heteroatoms. The Morgan fingerprint density at radius 2 is 2.00 bits per heavy atom. The van der Waals surface area contributed by atoms with E-state index < -0.39 is 16.0 Å². The van der Waals surface area contributed by atoms with Crippen LogP contribution in [-0.2, 0) is 16.4 Å². The summed E-state index contributed by atoms with van der Waals surface area (Å²) in [5, 5.41) is 9.03. The van der Waals surface area contributed by atoms with E-state index in [1.165, 1.54) is 10.4 Å². The molecule has 0 aliphatic carbocycles. The summed E-state index contributed by atoms with van der Waals surface area (Å²) in [5.74, 6) is -0.924. The summed E-state index contributed by atoms with van der Waals surface area (Å²) < 4.78 is 26.6. The number of fused-ring (bicyclic) bond motifs is 1. The molecule has 21 heavy (non-hydrogen) atoms. The molecule has 1 aliphatic rings. The van der Waals surface area contributed by atoms with Gasteiger partial charge in [0.05, 0.1) is 17.0 Å². The van der Waals surface area contributed by atoms with Crippen LogP contribution in [0.3, 0.4) is 0 Å². The van der Waals surface area contributed by atoms with Crippen LogP contribution in [0.15, 0.2) is 18.2 Å². The van der Waals surface area contributed by atoms with E-state index >= 15 is 0 Å². The highest BCUT2D eigenvalue weighted by Crippen LogP contribution is 2.32. The first-order valence-electron chi connectivity index (χ1n) is 6.97. The zero-order chi connectivity index (χ0) is 15.8. The second-order valence-corrected chi connectivity index (χ2v) is 8.53. The Morgan fingerprint density at radius 3 is 2.57 bits per heavy atom. The first-order valence-corrected chi connectivity index (χ1v) is 8.58. The Hall–Kier alpha value is -1.56. The van der Waals surface area contributed by atoms with Gasteiger partial charge in [0, 0.05) is 6.54 Å². The summed E-state index contributed by atoms with van der Waals surface area (Å²) in [5.41, 5.74) is 1.29. The molecule has 0 fully saturated rings. The monoisotopic (exact) mass is 311 g/mol. The third-order valence-corrected chi connectivity index (χ3v) is 5.64. The molecule has 1 heterocycles. The maximum atomic E-state index is 12.6. The molecule has 0 spiro atoms. The lowest BCUT2D eigenvalue weighted by Gasteiger charge is -2.33. The van der Waals surface area contributed by atoms with E-state index in [9.17, 15) is 13.2 Å². The number of aromatic carboxylic acids is 1. The molecule has 1 aliphatic heterocycles. The lowest BCUT2D eigenvalue weighted by atomic mass is 10.0. The number of hydrogen-bond acceptors (Lipinski definition) is 3. The fourth-order valence-corrected chi connectivity index (χ4v) is 4.75. The van der Waals surface area contributed by atoms with Crippen LogP contribution < -0.4 is 4.31 Å². The minimum atomic E-state index is -3.40. The third-order valence-electron chi connectivity index (χ3n) is 3.35. The van der Waals surface area contributed by atoms with Crippen molar-refractivity contribution in [2.24, 2.45) is 5.41 Å². The molecule has 0 aromatic heterocycles. The van der Waals surface area contributed by atoms with Gasteiger partial charge in [-0.3, -0.25) is 4.31 Å². The zero-order valence-electron chi connectivity index (χ0n) is 12.6. The minimum absolute atomic E-state index is 0.0696. The number of anilines is 1. The number of rotatable bonds is 3. The Labute approximate surface area is 125 Å². The molecular weight excluding hydrogens is 290 g/mol. The van der Waals surface area contributed by atoms with Crippen molar-refractivity contribution < 1.29 is 18.3 Å². The molecule has 0 amide bonds. The maximum absolute atomic E-state index is 12.6. The summed E-state index contributed by atoms with van der Waals surface area (Å²) >= 11 is 0. The average Bonchev–Trinajstić information content (AvgIpc) is 2.34. The molecule has 116 valence electrons. The fraction of sp³-hybridized carbons (Fsp3) is 0.533. The van der Waals surface area contributed by atoms with E-state index in [2.05, 4.69) is 0 Å². The van der Waals surface area contributed by atoms with Crippen LogP contribution in [0, 0.1) is 5.41 Å². The van der Waals surface area contributed by atoms with Crippen molar-refractivity contribution in [1.29, 1.82) is 0 Å². The van der Waals surface area contributed by atoms with Gasteiger partial charge in [-0.2, -0.15) is 0 Å². The van der Waals surface area contributed by atoms with E-state index in [1.54, 1.807) is 12.1 Å². The molecule has 0 saturated heterocycles. The van der Waals surface area contributed by atoms with E-state index in [0.29, 0.717) is 25.1 Å². The lowest BCUT2D eigenvalue weighted by molar-refractivity contribution is 0.0696. The normalized spacial score (nSPS) is 15.7. The molecule has 0 atom stereocenters. The van der Waals surface area contributed by atoms with Crippen molar-refractivity contribution >= 4 is 21.7 Å². The number of carboxylic acid groups (broad SMARTS) is 1. The summed E-state index contributed by atoms with van der Waals surface area (Å²) in [6.45, 7) is 6.13. The van der Waals surface area contributed by atoms with Crippen LogP contribution in [0.1, 0.15) is 43.1 Å². The number of carboxylic acids is 1. The van der Waals surface area contributed by atoms with Gasteiger partial charge in [-0.25, -0.2) is 13.2 Å². The smallest absolute Gasteiger partial charge is 0.335 e. The van der Waals surface area contributed by atoms with E-state index in [1.807, 2.05) is 20.8 Å². The van der Waals surface area contributed by atoms with Crippen molar-refractivity contribution in [2.45, 2.75) is 33.6 Å². The number of hydrogen-bond donors (Lipinski definition) is 1. The van der Waals surface area contributed by atoms with Crippen molar-refractivity contribution in [3.8, 4) is 0 Å². The number of carbonyl (C=O) groups is 1. The maximum Gasteiger partial charge on any atom is 0.335 e. The van der Waals surface area contributed by atoms with Crippen LogP contribution in [0.4, 0.5) is 5.69 Å². The van der Waals surface area contributed by atoms with Crippen molar-refractivity contribution in [3.63, 3.8) is 0 Å². The van der Waals surface area contributed by atoms with Gasteiger partial charge in [-0.15, -0.1) is 0 Å². The predicted molar refractivity (Wildman–Crippen MR) is 82.3 cm³/mol. The third kappa shape index (κ3) is 3.56. The molecule has 1 aromatic carbocycles. The van der Waals surface area contributed by atoms with Crippen molar-refractivity contribution in [3.05, 3.63) is 29.3 Å². The first-order chi connectivity index (χ1) is 9.60. The summed E-state index contributed by atoms with van der Waals surface area (Å²) in [6, 6.07) is 4.65. The molecule has 0 bridgehead atoms. The molecule has 1 aromatic rings. The molecule has 0 unspecified atom stereocenters. The summed E-state index contributed by atoms with van der Waals surface area (Å²) in [7, 11) is -3.40. The van der Waals surface area contributed by atoms with Crippen LogP contribution in [0.2, 0.25) is 0 Å².